The van der Waals surface area contributed by atoms with E-state index < -0.39 is 0 Å². The molecule has 0 radical (unpaired) electrons. The fourth-order valence-electron chi connectivity index (χ4n) is 2.95. The average Bonchev–Trinajstić information content (AvgIpc) is 2.79. The molecule has 0 aliphatic rings. The maximum Gasteiger partial charge on any atom is 0.262 e. The highest BCUT2D eigenvalue weighted by molar-refractivity contribution is 6.31. The predicted octanol–water partition coefficient (Wildman–Crippen LogP) is 5.30. The lowest BCUT2D eigenvalue weighted by Crippen LogP contribution is -2.20. The smallest absolute Gasteiger partial charge is 0.262 e. The van der Waals surface area contributed by atoms with E-state index in [0.29, 0.717) is 23.7 Å². The van der Waals surface area contributed by atoms with E-state index >= 15 is 0 Å². The van der Waals surface area contributed by atoms with Crippen molar-refractivity contribution in [3.8, 4) is 17.2 Å². The van der Waals surface area contributed by atoms with Crippen molar-refractivity contribution >= 4 is 28.9 Å². The highest BCUT2D eigenvalue weighted by Gasteiger charge is 2.10. The molecule has 162 valence electrons. The number of hydrogen-bond acceptors (Lipinski definition) is 5. The van der Waals surface area contributed by atoms with Gasteiger partial charge in [0.15, 0.2) is 18.1 Å². The molecular formula is C24H25ClN2O4. The molecule has 0 fully saturated rings. The summed E-state index contributed by atoms with van der Waals surface area (Å²) < 4.78 is 16.2. The summed E-state index contributed by atoms with van der Waals surface area (Å²) in [5, 5.41) is 6.87. The lowest BCUT2D eigenvalue weighted by atomic mass is 10.1. The van der Waals surface area contributed by atoms with Gasteiger partial charge in [-0.15, -0.1) is 0 Å². The van der Waals surface area contributed by atoms with Crippen molar-refractivity contribution in [1.82, 2.24) is 0 Å². The first kappa shape index (κ1) is 22.3. The molecule has 0 atom stereocenters. The third kappa shape index (κ3) is 6.06. The van der Waals surface area contributed by atoms with Crippen molar-refractivity contribution in [2.45, 2.75) is 13.5 Å². The number of amides is 1. The van der Waals surface area contributed by atoms with E-state index in [4.69, 9.17) is 25.8 Å². The van der Waals surface area contributed by atoms with E-state index in [1.807, 2.05) is 37.3 Å². The predicted molar refractivity (Wildman–Crippen MR) is 124 cm³/mol. The van der Waals surface area contributed by atoms with Gasteiger partial charge in [-0.25, -0.2) is 0 Å². The van der Waals surface area contributed by atoms with Crippen molar-refractivity contribution < 1.29 is 19.0 Å². The minimum absolute atomic E-state index is 0.137. The standard InChI is InChI=1S/C24H25ClN2O4/c1-16-20(25)5-4-6-21(16)26-14-17-7-12-22(23(13-17)30-3)31-15-24(28)27-18-8-10-19(29-2)11-9-18/h4-13,26H,14-15H2,1-3H3,(H,27,28). The first-order valence-electron chi connectivity index (χ1n) is 9.72. The molecule has 0 saturated heterocycles. The van der Waals surface area contributed by atoms with Crippen molar-refractivity contribution in [3.05, 3.63) is 76.8 Å². The van der Waals surface area contributed by atoms with Gasteiger partial charge < -0.3 is 24.8 Å². The molecule has 31 heavy (non-hydrogen) atoms. The number of carbonyl (C=O) groups excluding carboxylic acids is 1. The number of methoxy groups -OCH3 is 2. The van der Waals surface area contributed by atoms with Crippen LogP contribution in [0.15, 0.2) is 60.7 Å². The van der Waals surface area contributed by atoms with Gasteiger partial charge in [0.05, 0.1) is 14.2 Å². The van der Waals surface area contributed by atoms with Crippen molar-refractivity contribution in [3.63, 3.8) is 0 Å². The Hall–Kier alpha value is -3.38. The molecule has 3 aromatic rings. The first-order valence-corrected chi connectivity index (χ1v) is 10.1. The number of ether oxygens (including phenoxy) is 3. The fraction of sp³-hybridized carbons (Fsp3) is 0.208. The first-order chi connectivity index (χ1) is 15.0. The number of anilines is 2. The van der Waals surface area contributed by atoms with Crippen LogP contribution in [0.25, 0.3) is 0 Å². The number of halogens is 1. The SMILES string of the molecule is COc1ccc(NC(=O)COc2ccc(CNc3cccc(Cl)c3C)cc2OC)cc1. The molecule has 0 aliphatic carbocycles. The van der Waals surface area contributed by atoms with Gasteiger partial charge in [-0.2, -0.15) is 0 Å². The van der Waals surface area contributed by atoms with Crippen LogP contribution in [0.3, 0.4) is 0 Å². The Morgan fingerprint density at radius 2 is 1.74 bits per heavy atom. The summed E-state index contributed by atoms with van der Waals surface area (Å²) in [6.45, 7) is 2.43. The van der Waals surface area contributed by atoms with Gasteiger partial charge in [-0.1, -0.05) is 23.7 Å². The zero-order chi connectivity index (χ0) is 22.2. The van der Waals surface area contributed by atoms with E-state index in [9.17, 15) is 4.79 Å². The maximum atomic E-state index is 12.2. The Morgan fingerprint density at radius 1 is 0.968 bits per heavy atom. The minimum atomic E-state index is -0.269. The topological polar surface area (TPSA) is 68.8 Å². The molecule has 0 bridgehead atoms. The molecule has 0 unspecified atom stereocenters. The van der Waals surface area contributed by atoms with E-state index in [2.05, 4.69) is 10.6 Å². The van der Waals surface area contributed by atoms with Gasteiger partial charge in [0.25, 0.3) is 5.91 Å². The average molecular weight is 441 g/mol. The van der Waals surface area contributed by atoms with Crippen molar-refractivity contribution in [2.24, 2.45) is 0 Å². The molecule has 0 aliphatic heterocycles. The summed E-state index contributed by atoms with van der Waals surface area (Å²) in [4.78, 5) is 12.2. The molecular weight excluding hydrogens is 416 g/mol. The molecule has 1 amide bonds. The van der Waals surface area contributed by atoms with E-state index in [-0.39, 0.29) is 12.5 Å². The Kier molecular flexibility index (Phi) is 7.62. The van der Waals surface area contributed by atoms with Crippen LogP contribution in [0.5, 0.6) is 17.2 Å². The summed E-state index contributed by atoms with van der Waals surface area (Å²) in [5.41, 5.74) is 3.64. The van der Waals surface area contributed by atoms with Crippen LogP contribution in [-0.4, -0.2) is 26.7 Å². The van der Waals surface area contributed by atoms with Crippen LogP contribution in [0.2, 0.25) is 5.02 Å². The molecule has 7 heteroatoms. The highest BCUT2D eigenvalue weighted by atomic mass is 35.5. The molecule has 2 N–H and O–H groups in total. The summed E-state index contributed by atoms with van der Waals surface area (Å²) in [7, 11) is 3.16. The Balaban J connectivity index is 1.57. The molecule has 0 saturated carbocycles. The number of benzene rings is 3. The zero-order valence-electron chi connectivity index (χ0n) is 17.7. The zero-order valence-corrected chi connectivity index (χ0v) is 18.5. The van der Waals surface area contributed by atoms with Crippen LogP contribution >= 0.6 is 11.6 Å². The van der Waals surface area contributed by atoms with Crippen molar-refractivity contribution in [2.75, 3.05) is 31.5 Å². The second-order valence-corrected chi connectivity index (χ2v) is 7.22. The van der Waals surface area contributed by atoms with E-state index in [1.165, 1.54) is 0 Å². The highest BCUT2D eigenvalue weighted by Crippen LogP contribution is 2.29. The van der Waals surface area contributed by atoms with Gasteiger partial charge >= 0.3 is 0 Å². The van der Waals surface area contributed by atoms with E-state index in [0.717, 1.165) is 27.6 Å². The van der Waals surface area contributed by atoms with Gasteiger partial charge in [-0.05, 0) is 66.6 Å². The molecule has 0 spiro atoms. The number of carbonyl (C=O) groups is 1. The van der Waals surface area contributed by atoms with Gasteiger partial charge in [-0.3, -0.25) is 4.79 Å². The molecule has 0 heterocycles. The fourth-order valence-corrected chi connectivity index (χ4v) is 3.13. The summed E-state index contributed by atoms with van der Waals surface area (Å²) in [6.07, 6.45) is 0. The maximum absolute atomic E-state index is 12.2. The van der Waals surface area contributed by atoms with Gasteiger partial charge in [0.2, 0.25) is 0 Å². The normalized spacial score (nSPS) is 10.3. The molecule has 6 nitrogen and oxygen atoms in total. The third-order valence-electron chi connectivity index (χ3n) is 4.71. The third-order valence-corrected chi connectivity index (χ3v) is 5.12. The van der Waals surface area contributed by atoms with Crippen LogP contribution in [0.4, 0.5) is 11.4 Å². The quantitative estimate of drug-likeness (QED) is 0.472. The van der Waals surface area contributed by atoms with Gasteiger partial charge in [0.1, 0.15) is 5.75 Å². The monoisotopic (exact) mass is 440 g/mol. The van der Waals surface area contributed by atoms with Gasteiger partial charge in [0, 0.05) is 22.9 Å². The summed E-state index contributed by atoms with van der Waals surface area (Å²) in [6, 6.07) is 18.4. The number of nitrogens with one attached hydrogen (secondary N) is 2. The van der Waals surface area contributed by atoms with Crippen LogP contribution < -0.4 is 24.8 Å². The van der Waals surface area contributed by atoms with Crippen LogP contribution in [0.1, 0.15) is 11.1 Å². The van der Waals surface area contributed by atoms with E-state index in [1.54, 1.807) is 44.6 Å². The lowest BCUT2D eigenvalue weighted by Gasteiger charge is -2.14. The Morgan fingerprint density at radius 3 is 2.45 bits per heavy atom. The largest absolute Gasteiger partial charge is 0.497 e. The molecule has 0 aromatic heterocycles. The molecule has 3 aromatic carbocycles. The Bertz CT molecular complexity index is 1040. The second kappa shape index (κ2) is 10.6. The minimum Gasteiger partial charge on any atom is -0.497 e. The number of hydrogen-bond donors (Lipinski definition) is 2. The van der Waals surface area contributed by atoms with Crippen LogP contribution in [0, 0.1) is 6.92 Å². The second-order valence-electron chi connectivity index (χ2n) is 6.82. The summed E-state index contributed by atoms with van der Waals surface area (Å²) in [5.74, 6) is 1.50. The molecule has 3 rings (SSSR count). The Labute approximate surface area is 187 Å². The van der Waals surface area contributed by atoms with Crippen LogP contribution in [-0.2, 0) is 11.3 Å². The number of rotatable bonds is 9. The summed E-state index contributed by atoms with van der Waals surface area (Å²) >= 11 is 6.17. The van der Waals surface area contributed by atoms with Crippen molar-refractivity contribution in [1.29, 1.82) is 0 Å². The lowest BCUT2D eigenvalue weighted by molar-refractivity contribution is -0.118.